The van der Waals surface area contributed by atoms with Crippen LogP contribution in [0, 0.1) is 0 Å². The fraction of sp³-hybridized carbons (Fsp3) is 1.00. The fourth-order valence-electron chi connectivity index (χ4n) is 1.14. The second-order valence-electron chi connectivity index (χ2n) is 5.15. The van der Waals surface area contributed by atoms with Crippen LogP contribution in [0.15, 0.2) is 0 Å². The zero-order chi connectivity index (χ0) is 13.2. The quantitative estimate of drug-likeness (QED) is 0.648. The summed E-state index contributed by atoms with van der Waals surface area (Å²) in [6, 6.07) is 0. The van der Waals surface area contributed by atoms with Gasteiger partial charge in [0.1, 0.15) is 12.6 Å². The molecule has 0 aliphatic rings. The highest BCUT2D eigenvalue weighted by Gasteiger charge is 2.12. The first-order valence-corrected chi connectivity index (χ1v) is 6.08. The van der Waals surface area contributed by atoms with Gasteiger partial charge in [-0.25, -0.2) is 0 Å². The largest absolute Gasteiger partial charge is 0.392 e. The summed E-state index contributed by atoms with van der Waals surface area (Å²) in [6.07, 6.45) is 1.39. The minimum Gasteiger partial charge on any atom is -0.392 e. The van der Waals surface area contributed by atoms with Crippen LogP contribution in [0.3, 0.4) is 0 Å². The second-order valence-corrected chi connectivity index (χ2v) is 5.15. The van der Waals surface area contributed by atoms with E-state index in [1.165, 1.54) is 0 Å². The average Bonchev–Trinajstić information content (AvgIpc) is 2.16. The number of halogens is 2. The Balaban J connectivity index is -0.000000100. The standard InChI is InChI=1S/C7H18NO.C5H13NO.2ClH/c1-5-7(9)6-8(2,3)4;1-3-5(7)4-6-2;;/h7,9H,5-6H2,1-4H3;5-7H,3-4H2,1-2H3;2*1H/q+1;;;. The third-order valence-electron chi connectivity index (χ3n) is 2.14. The maximum Gasteiger partial charge on any atom is 0.104 e. The van der Waals surface area contributed by atoms with Crippen molar-refractivity contribution in [3.63, 3.8) is 0 Å². The molecule has 18 heavy (non-hydrogen) atoms. The van der Waals surface area contributed by atoms with Gasteiger partial charge >= 0.3 is 0 Å². The Morgan fingerprint density at radius 1 is 0.944 bits per heavy atom. The Bertz CT molecular complexity index is 156. The number of quaternary nitrogens is 1. The van der Waals surface area contributed by atoms with Crippen LogP contribution in [-0.2, 0) is 0 Å². The third-order valence-corrected chi connectivity index (χ3v) is 2.14. The Kier molecular flexibility index (Phi) is 23.1. The van der Waals surface area contributed by atoms with E-state index in [1.54, 1.807) is 0 Å². The summed E-state index contributed by atoms with van der Waals surface area (Å²) in [4.78, 5) is 0. The molecule has 0 bridgehead atoms. The molecule has 0 amide bonds. The molecule has 0 rings (SSSR count). The topological polar surface area (TPSA) is 52.5 Å². The van der Waals surface area contributed by atoms with Crippen molar-refractivity contribution in [1.29, 1.82) is 0 Å². The molecule has 2 atom stereocenters. The molecule has 0 radical (unpaired) electrons. The smallest absolute Gasteiger partial charge is 0.104 e. The number of aliphatic hydroxyl groups excluding tert-OH is 2. The third kappa shape index (κ3) is 25.3. The molecule has 4 nitrogen and oxygen atoms in total. The molecule has 0 spiro atoms. The minimum absolute atomic E-state index is 0. The number of rotatable bonds is 6. The predicted molar refractivity (Wildman–Crippen MR) is 83.9 cm³/mol. The zero-order valence-electron chi connectivity index (χ0n) is 12.6. The Morgan fingerprint density at radius 3 is 1.44 bits per heavy atom. The summed E-state index contributed by atoms with van der Waals surface area (Å²) in [5.41, 5.74) is 0. The predicted octanol–water partition coefficient (Wildman–Crippen LogP) is 1.28. The number of likely N-dealkylation sites (N-methyl/N-ethyl adjacent to an activating group) is 2. The average molecular weight is 308 g/mol. The highest BCUT2D eigenvalue weighted by atomic mass is 35.5. The lowest BCUT2D eigenvalue weighted by atomic mass is 10.2. The molecule has 6 heteroatoms. The van der Waals surface area contributed by atoms with Crippen LogP contribution in [0.4, 0.5) is 0 Å². The number of nitrogens with zero attached hydrogens (tertiary/aromatic N) is 1. The van der Waals surface area contributed by atoms with Crippen molar-refractivity contribution in [2.75, 3.05) is 41.3 Å². The molecule has 0 aromatic heterocycles. The van der Waals surface area contributed by atoms with Crippen LogP contribution >= 0.6 is 24.8 Å². The second kappa shape index (κ2) is 15.5. The molecular formula is C12H33Cl2N2O2+. The van der Waals surface area contributed by atoms with Gasteiger partial charge in [0.25, 0.3) is 0 Å². The van der Waals surface area contributed by atoms with E-state index in [0.717, 1.165) is 23.9 Å². The van der Waals surface area contributed by atoms with E-state index < -0.39 is 0 Å². The van der Waals surface area contributed by atoms with Crippen LogP contribution in [-0.4, -0.2) is 68.2 Å². The van der Waals surface area contributed by atoms with Gasteiger partial charge in [-0.1, -0.05) is 13.8 Å². The van der Waals surface area contributed by atoms with Gasteiger partial charge in [0, 0.05) is 6.54 Å². The molecule has 0 saturated carbocycles. The van der Waals surface area contributed by atoms with E-state index in [4.69, 9.17) is 5.11 Å². The summed E-state index contributed by atoms with van der Waals surface area (Å²) < 4.78 is 0.842. The van der Waals surface area contributed by atoms with E-state index in [9.17, 15) is 5.11 Å². The Hall–Kier alpha value is 0.420. The molecule has 0 saturated heterocycles. The van der Waals surface area contributed by atoms with Gasteiger partial charge in [-0.05, 0) is 19.9 Å². The van der Waals surface area contributed by atoms with Crippen molar-refractivity contribution in [1.82, 2.24) is 5.32 Å². The van der Waals surface area contributed by atoms with Crippen molar-refractivity contribution in [3.05, 3.63) is 0 Å². The van der Waals surface area contributed by atoms with Crippen molar-refractivity contribution < 1.29 is 14.7 Å². The Morgan fingerprint density at radius 2 is 1.33 bits per heavy atom. The van der Waals surface area contributed by atoms with Gasteiger partial charge in [0.15, 0.2) is 0 Å². The lowest BCUT2D eigenvalue weighted by Crippen LogP contribution is -2.41. The van der Waals surface area contributed by atoms with Gasteiger partial charge in [-0.2, -0.15) is 0 Å². The van der Waals surface area contributed by atoms with Crippen molar-refractivity contribution in [2.45, 2.75) is 38.9 Å². The van der Waals surface area contributed by atoms with Crippen LogP contribution < -0.4 is 5.32 Å². The molecule has 0 aromatic rings. The summed E-state index contributed by atoms with van der Waals surface area (Å²) in [7, 11) is 8.08. The van der Waals surface area contributed by atoms with E-state index >= 15 is 0 Å². The normalized spacial score (nSPS) is 13.3. The Labute approximate surface area is 125 Å². The lowest BCUT2D eigenvalue weighted by molar-refractivity contribution is -0.873. The van der Waals surface area contributed by atoms with E-state index in [2.05, 4.69) is 26.5 Å². The first kappa shape index (κ1) is 26.9. The molecule has 0 fully saturated rings. The molecule has 0 heterocycles. The van der Waals surface area contributed by atoms with Crippen LogP contribution in [0.25, 0.3) is 0 Å². The minimum atomic E-state index is -0.162. The number of hydrogen-bond donors (Lipinski definition) is 3. The number of nitrogens with one attached hydrogen (secondary N) is 1. The summed E-state index contributed by atoms with van der Waals surface area (Å²) in [5, 5.41) is 20.8. The molecule has 116 valence electrons. The monoisotopic (exact) mass is 307 g/mol. The maximum absolute atomic E-state index is 9.18. The van der Waals surface area contributed by atoms with E-state index in [1.807, 2.05) is 20.9 Å². The van der Waals surface area contributed by atoms with E-state index in [-0.39, 0.29) is 37.0 Å². The molecule has 3 N–H and O–H groups in total. The van der Waals surface area contributed by atoms with E-state index in [0.29, 0.717) is 6.54 Å². The summed E-state index contributed by atoms with van der Waals surface area (Å²) in [5.74, 6) is 0. The SMILES string of the molecule is CCC(O)CNC.CCC(O)C[N+](C)(C)C.Cl.Cl. The van der Waals surface area contributed by atoms with Crippen molar-refractivity contribution in [2.24, 2.45) is 0 Å². The van der Waals surface area contributed by atoms with Crippen LogP contribution in [0.1, 0.15) is 26.7 Å². The first-order chi connectivity index (χ1) is 7.26. The summed E-state index contributed by atoms with van der Waals surface area (Å²) in [6.45, 7) is 5.51. The lowest BCUT2D eigenvalue weighted by Gasteiger charge is -2.26. The first-order valence-electron chi connectivity index (χ1n) is 6.08. The molecule has 0 aliphatic carbocycles. The van der Waals surface area contributed by atoms with Crippen LogP contribution in [0.5, 0.6) is 0 Å². The van der Waals surface area contributed by atoms with Gasteiger partial charge in [0.2, 0.25) is 0 Å². The zero-order valence-corrected chi connectivity index (χ0v) is 14.3. The van der Waals surface area contributed by atoms with Gasteiger partial charge in [-0.15, -0.1) is 24.8 Å². The fourth-order valence-corrected chi connectivity index (χ4v) is 1.14. The molecule has 0 aliphatic heterocycles. The highest BCUT2D eigenvalue weighted by Crippen LogP contribution is 1.97. The van der Waals surface area contributed by atoms with Crippen molar-refractivity contribution in [3.8, 4) is 0 Å². The molecule has 0 aromatic carbocycles. The number of hydrogen-bond acceptors (Lipinski definition) is 3. The van der Waals surface area contributed by atoms with Gasteiger partial charge in [-0.3, -0.25) is 0 Å². The molecular weight excluding hydrogens is 275 g/mol. The number of aliphatic hydroxyl groups is 2. The van der Waals surface area contributed by atoms with Gasteiger partial charge < -0.3 is 20.0 Å². The van der Waals surface area contributed by atoms with Gasteiger partial charge in [0.05, 0.1) is 27.2 Å². The summed E-state index contributed by atoms with van der Waals surface area (Å²) >= 11 is 0. The highest BCUT2D eigenvalue weighted by molar-refractivity contribution is 5.85. The van der Waals surface area contributed by atoms with Crippen molar-refractivity contribution >= 4 is 24.8 Å². The van der Waals surface area contributed by atoms with Crippen LogP contribution in [0.2, 0.25) is 0 Å². The molecule has 2 unspecified atom stereocenters. The maximum atomic E-state index is 9.18.